The number of hydrogen-bond acceptors (Lipinski definition) is 4. The lowest BCUT2D eigenvalue weighted by molar-refractivity contribution is -0.135. The van der Waals surface area contributed by atoms with Gasteiger partial charge in [-0.25, -0.2) is 4.68 Å². The quantitative estimate of drug-likeness (QED) is 0.916. The summed E-state index contributed by atoms with van der Waals surface area (Å²) in [5.41, 5.74) is 2.70. The summed E-state index contributed by atoms with van der Waals surface area (Å²) in [6.45, 7) is 5.26. The van der Waals surface area contributed by atoms with Crippen molar-refractivity contribution in [2.24, 2.45) is 0 Å². The molecule has 26 heavy (non-hydrogen) atoms. The predicted octanol–water partition coefficient (Wildman–Crippen LogP) is 2.54. The Balaban J connectivity index is 1.41. The zero-order valence-electron chi connectivity index (χ0n) is 15.4. The second-order valence-corrected chi connectivity index (χ2v) is 7.77. The van der Waals surface area contributed by atoms with E-state index in [-0.39, 0.29) is 17.4 Å². The zero-order valence-corrected chi connectivity index (χ0v) is 15.4. The van der Waals surface area contributed by atoms with E-state index in [0.29, 0.717) is 5.69 Å². The number of aliphatic hydroxyl groups is 1. The molecule has 1 unspecified atom stereocenters. The van der Waals surface area contributed by atoms with Crippen molar-refractivity contribution in [2.45, 2.75) is 57.1 Å². The molecule has 138 valence electrons. The minimum absolute atomic E-state index is 0.244. The normalized spacial score (nSPS) is 20.8. The predicted molar refractivity (Wildman–Crippen MR) is 97.6 cm³/mol. The highest BCUT2D eigenvalue weighted by Gasteiger charge is 2.53. The van der Waals surface area contributed by atoms with Gasteiger partial charge in [-0.3, -0.25) is 4.79 Å². The molecular formula is C20H26N4O2. The minimum Gasteiger partial charge on any atom is -0.387 e. The highest BCUT2D eigenvalue weighted by molar-refractivity contribution is 5.91. The molecule has 0 spiro atoms. The van der Waals surface area contributed by atoms with E-state index in [0.717, 1.165) is 44.3 Å². The van der Waals surface area contributed by atoms with Crippen molar-refractivity contribution in [1.82, 2.24) is 19.9 Å². The topological polar surface area (TPSA) is 71.2 Å². The van der Waals surface area contributed by atoms with Gasteiger partial charge in [0.05, 0.1) is 23.8 Å². The number of benzene rings is 1. The van der Waals surface area contributed by atoms with E-state index >= 15 is 0 Å². The third-order valence-corrected chi connectivity index (χ3v) is 5.85. The summed E-state index contributed by atoms with van der Waals surface area (Å²) in [6.07, 6.45) is 4.87. The number of piperidine rings is 1. The van der Waals surface area contributed by atoms with Crippen LogP contribution in [0.15, 0.2) is 30.5 Å². The van der Waals surface area contributed by atoms with E-state index in [1.54, 1.807) is 6.92 Å². The molecule has 1 aromatic heterocycles. The monoisotopic (exact) mass is 354 g/mol. The van der Waals surface area contributed by atoms with E-state index in [2.05, 4.69) is 41.5 Å². The highest BCUT2D eigenvalue weighted by atomic mass is 16.3. The number of aryl methyl sites for hydroxylation is 1. The van der Waals surface area contributed by atoms with Crippen molar-refractivity contribution >= 4 is 5.91 Å². The molecule has 6 nitrogen and oxygen atoms in total. The second-order valence-electron chi connectivity index (χ2n) is 7.77. The SMILES string of the molecule is Cc1ccc(C2(C(=O)N3CCC(n4cc(C(C)O)nn4)CC3)CC2)cc1. The first-order valence-electron chi connectivity index (χ1n) is 9.46. The molecule has 1 atom stereocenters. The van der Waals surface area contributed by atoms with E-state index in [9.17, 15) is 9.90 Å². The van der Waals surface area contributed by atoms with Crippen LogP contribution in [0.3, 0.4) is 0 Å². The van der Waals surface area contributed by atoms with Gasteiger partial charge in [0.15, 0.2) is 0 Å². The number of carbonyl (C=O) groups is 1. The summed E-state index contributed by atoms with van der Waals surface area (Å²) in [6, 6.07) is 8.66. The lowest BCUT2D eigenvalue weighted by Gasteiger charge is -2.34. The van der Waals surface area contributed by atoms with Crippen LogP contribution in [0.5, 0.6) is 0 Å². The summed E-state index contributed by atoms with van der Waals surface area (Å²) in [4.78, 5) is 15.2. The van der Waals surface area contributed by atoms with Gasteiger partial charge in [0.2, 0.25) is 5.91 Å². The molecule has 1 saturated carbocycles. The van der Waals surface area contributed by atoms with Crippen LogP contribution in [0.4, 0.5) is 0 Å². The van der Waals surface area contributed by atoms with Crippen molar-refractivity contribution in [3.8, 4) is 0 Å². The van der Waals surface area contributed by atoms with E-state index < -0.39 is 6.10 Å². The molecule has 0 radical (unpaired) electrons. The lowest BCUT2D eigenvalue weighted by Crippen LogP contribution is -2.44. The van der Waals surface area contributed by atoms with Gasteiger partial charge in [0, 0.05) is 13.1 Å². The molecular weight excluding hydrogens is 328 g/mol. The Bertz CT molecular complexity index is 784. The number of nitrogens with zero attached hydrogens (tertiary/aromatic N) is 4. The fourth-order valence-electron chi connectivity index (χ4n) is 3.92. The van der Waals surface area contributed by atoms with Crippen molar-refractivity contribution in [3.63, 3.8) is 0 Å². The van der Waals surface area contributed by atoms with Gasteiger partial charge in [0.25, 0.3) is 0 Å². The van der Waals surface area contributed by atoms with Gasteiger partial charge in [-0.05, 0) is 45.1 Å². The average molecular weight is 354 g/mol. The summed E-state index contributed by atoms with van der Waals surface area (Å²) >= 11 is 0. The van der Waals surface area contributed by atoms with Gasteiger partial charge in [-0.2, -0.15) is 0 Å². The van der Waals surface area contributed by atoms with Crippen molar-refractivity contribution in [2.75, 3.05) is 13.1 Å². The number of aliphatic hydroxyl groups excluding tert-OH is 1. The number of amides is 1. The molecule has 1 amide bonds. The van der Waals surface area contributed by atoms with Crippen LogP contribution in [-0.4, -0.2) is 44.0 Å². The first-order valence-corrected chi connectivity index (χ1v) is 9.46. The third-order valence-electron chi connectivity index (χ3n) is 5.85. The smallest absolute Gasteiger partial charge is 0.233 e. The Hall–Kier alpha value is -2.21. The standard InChI is InChI=1S/C20H26N4O2/c1-14-3-5-16(6-4-14)20(9-10-20)19(26)23-11-7-17(8-12-23)24-13-18(15(2)25)21-22-24/h3-6,13,15,17,25H,7-12H2,1-2H3. The summed E-state index contributed by atoms with van der Waals surface area (Å²) in [5, 5.41) is 17.8. The Morgan fingerprint density at radius 3 is 2.42 bits per heavy atom. The molecule has 2 fully saturated rings. The molecule has 2 aromatic rings. The van der Waals surface area contributed by atoms with Gasteiger partial charge in [0.1, 0.15) is 5.69 Å². The first kappa shape index (κ1) is 17.2. The zero-order chi connectivity index (χ0) is 18.3. The fraction of sp³-hybridized carbons (Fsp3) is 0.550. The van der Waals surface area contributed by atoms with Gasteiger partial charge in [-0.1, -0.05) is 35.0 Å². The molecule has 1 saturated heterocycles. The fourth-order valence-corrected chi connectivity index (χ4v) is 3.92. The largest absolute Gasteiger partial charge is 0.387 e. The number of rotatable bonds is 4. The van der Waals surface area contributed by atoms with E-state index in [4.69, 9.17) is 0 Å². The number of hydrogen-bond donors (Lipinski definition) is 1. The number of aromatic nitrogens is 3. The molecule has 0 bridgehead atoms. The molecule has 4 rings (SSSR count). The van der Waals surface area contributed by atoms with Gasteiger partial charge in [-0.15, -0.1) is 5.10 Å². The molecule has 1 aliphatic carbocycles. The molecule has 2 heterocycles. The Labute approximate surface area is 153 Å². The van der Waals surface area contributed by atoms with E-state index in [1.165, 1.54) is 5.56 Å². The van der Waals surface area contributed by atoms with Crippen molar-refractivity contribution < 1.29 is 9.90 Å². The molecule has 1 aliphatic heterocycles. The maximum Gasteiger partial charge on any atom is 0.233 e. The number of carbonyl (C=O) groups excluding carboxylic acids is 1. The maximum absolute atomic E-state index is 13.2. The maximum atomic E-state index is 13.2. The molecule has 1 N–H and O–H groups in total. The van der Waals surface area contributed by atoms with Crippen LogP contribution in [0.25, 0.3) is 0 Å². The molecule has 2 aliphatic rings. The highest BCUT2D eigenvalue weighted by Crippen LogP contribution is 2.50. The third kappa shape index (κ3) is 3.03. The van der Waals surface area contributed by atoms with Crippen LogP contribution in [0, 0.1) is 6.92 Å². The average Bonchev–Trinajstić information content (AvgIpc) is 3.30. The van der Waals surface area contributed by atoms with Crippen LogP contribution in [0.1, 0.15) is 61.6 Å². The van der Waals surface area contributed by atoms with E-state index in [1.807, 2.05) is 15.8 Å². The Kier molecular flexibility index (Phi) is 4.31. The summed E-state index contributed by atoms with van der Waals surface area (Å²) in [5.74, 6) is 0.281. The first-order chi connectivity index (χ1) is 12.5. The number of likely N-dealkylation sites (tertiary alicyclic amines) is 1. The lowest BCUT2D eigenvalue weighted by atomic mass is 9.92. The van der Waals surface area contributed by atoms with Crippen LogP contribution in [-0.2, 0) is 10.2 Å². The Morgan fingerprint density at radius 1 is 1.23 bits per heavy atom. The summed E-state index contributed by atoms with van der Waals surface area (Å²) < 4.78 is 1.84. The molecule has 1 aromatic carbocycles. The van der Waals surface area contributed by atoms with Crippen molar-refractivity contribution in [3.05, 3.63) is 47.3 Å². The summed E-state index contributed by atoms with van der Waals surface area (Å²) in [7, 11) is 0. The second kappa shape index (κ2) is 6.50. The minimum atomic E-state index is -0.602. The van der Waals surface area contributed by atoms with Gasteiger partial charge < -0.3 is 10.0 Å². The Morgan fingerprint density at radius 2 is 1.88 bits per heavy atom. The van der Waals surface area contributed by atoms with Crippen LogP contribution >= 0.6 is 0 Å². The van der Waals surface area contributed by atoms with Crippen molar-refractivity contribution in [1.29, 1.82) is 0 Å². The van der Waals surface area contributed by atoms with Crippen LogP contribution < -0.4 is 0 Å². The molecule has 6 heteroatoms. The van der Waals surface area contributed by atoms with Gasteiger partial charge >= 0.3 is 0 Å². The van der Waals surface area contributed by atoms with Crippen LogP contribution in [0.2, 0.25) is 0 Å².